The average Bonchev–Trinajstić information content (AvgIpc) is 2.82. The highest BCUT2D eigenvalue weighted by Gasteiger charge is 2.26. The Labute approximate surface area is 119 Å². The normalized spacial score (nSPS) is 14.2. The third kappa shape index (κ3) is 1.79. The van der Waals surface area contributed by atoms with Crippen LogP contribution in [0.5, 0.6) is 5.75 Å². The lowest BCUT2D eigenvalue weighted by Crippen LogP contribution is -2.07. The second-order valence-electron chi connectivity index (χ2n) is 5.94. The van der Waals surface area contributed by atoms with Gasteiger partial charge in [-0.1, -0.05) is 34.3 Å². The van der Waals surface area contributed by atoms with Gasteiger partial charge in [-0.05, 0) is 35.6 Å². The minimum Gasteiger partial charge on any atom is -0.464 e. The second kappa shape index (κ2) is 4.55. The number of fused-ring (bicyclic) bond motifs is 2. The summed E-state index contributed by atoms with van der Waals surface area (Å²) >= 11 is 0. The van der Waals surface area contributed by atoms with E-state index in [1.165, 1.54) is 16.5 Å². The molecule has 3 rings (SSSR count). The quantitative estimate of drug-likeness (QED) is 0.707. The number of ether oxygens (including phenoxy) is 1. The standard InChI is InChI=1S/C18H20O2/c1-10(2)15-13-7-6-12(5)20-18(13)16(11(3)4)17-14(15)8-9-19-17/h6-11H,5H2,1-4H3. The maximum Gasteiger partial charge on any atom is 0.142 e. The van der Waals surface area contributed by atoms with Crippen LogP contribution >= 0.6 is 0 Å². The molecular formula is C18H20O2. The van der Waals surface area contributed by atoms with Gasteiger partial charge >= 0.3 is 0 Å². The van der Waals surface area contributed by atoms with Crippen LogP contribution in [0, 0.1) is 0 Å². The molecule has 0 saturated carbocycles. The van der Waals surface area contributed by atoms with Gasteiger partial charge in [-0.25, -0.2) is 0 Å². The topological polar surface area (TPSA) is 22.4 Å². The Hall–Kier alpha value is -1.96. The Bertz CT molecular complexity index is 715. The first-order valence-corrected chi connectivity index (χ1v) is 7.12. The highest BCUT2D eigenvalue weighted by molar-refractivity contribution is 5.92. The first-order chi connectivity index (χ1) is 9.50. The number of rotatable bonds is 2. The molecule has 1 aliphatic heterocycles. The summed E-state index contributed by atoms with van der Waals surface area (Å²) in [5.41, 5.74) is 4.54. The van der Waals surface area contributed by atoms with Crippen LogP contribution in [0.15, 0.2) is 35.2 Å². The van der Waals surface area contributed by atoms with Gasteiger partial charge in [-0.15, -0.1) is 0 Å². The van der Waals surface area contributed by atoms with E-state index in [9.17, 15) is 0 Å². The molecule has 2 nitrogen and oxygen atoms in total. The Kier molecular flexibility index (Phi) is 2.97. The van der Waals surface area contributed by atoms with E-state index in [1.54, 1.807) is 6.26 Å². The van der Waals surface area contributed by atoms with Gasteiger partial charge in [0, 0.05) is 16.5 Å². The summed E-state index contributed by atoms with van der Waals surface area (Å²) in [5.74, 6) is 2.33. The van der Waals surface area contributed by atoms with E-state index >= 15 is 0 Å². The Morgan fingerprint density at radius 3 is 2.35 bits per heavy atom. The number of hydrogen-bond donors (Lipinski definition) is 0. The Morgan fingerprint density at radius 1 is 1.00 bits per heavy atom. The number of hydrogen-bond acceptors (Lipinski definition) is 2. The number of allylic oxidation sites excluding steroid dienone is 1. The van der Waals surface area contributed by atoms with Crippen molar-refractivity contribution in [2.24, 2.45) is 0 Å². The summed E-state index contributed by atoms with van der Waals surface area (Å²) < 4.78 is 11.7. The minimum absolute atomic E-state index is 0.331. The van der Waals surface area contributed by atoms with Crippen molar-refractivity contribution >= 4 is 17.0 Å². The van der Waals surface area contributed by atoms with Crippen molar-refractivity contribution in [3.05, 3.63) is 47.4 Å². The smallest absolute Gasteiger partial charge is 0.142 e. The molecule has 1 aromatic heterocycles. The third-order valence-electron chi connectivity index (χ3n) is 3.80. The first-order valence-electron chi connectivity index (χ1n) is 7.12. The molecule has 0 radical (unpaired) electrons. The summed E-state index contributed by atoms with van der Waals surface area (Å²) in [6.45, 7) is 12.6. The van der Waals surface area contributed by atoms with E-state index < -0.39 is 0 Å². The maximum atomic E-state index is 5.95. The molecule has 0 fully saturated rings. The molecular weight excluding hydrogens is 248 g/mol. The van der Waals surface area contributed by atoms with E-state index in [0.717, 1.165) is 16.9 Å². The monoisotopic (exact) mass is 268 g/mol. The molecule has 0 N–H and O–H groups in total. The largest absolute Gasteiger partial charge is 0.464 e. The zero-order valence-corrected chi connectivity index (χ0v) is 12.5. The van der Waals surface area contributed by atoms with E-state index in [4.69, 9.17) is 9.15 Å². The molecule has 2 heterocycles. The van der Waals surface area contributed by atoms with Gasteiger partial charge in [-0.2, -0.15) is 0 Å². The van der Waals surface area contributed by atoms with Gasteiger partial charge in [0.15, 0.2) is 0 Å². The molecule has 0 saturated heterocycles. The van der Waals surface area contributed by atoms with Crippen molar-refractivity contribution in [3.63, 3.8) is 0 Å². The van der Waals surface area contributed by atoms with Crippen LogP contribution in [-0.4, -0.2) is 0 Å². The summed E-state index contributed by atoms with van der Waals surface area (Å²) in [6.07, 6.45) is 5.82. The lowest BCUT2D eigenvalue weighted by Gasteiger charge is -2.24. The van der Waals surface area contributed by atoms with Crippen molar-refractivity contribution in [1.82, 2.24) is 0 Å². The lowest BCUT2D eigenvalue weighted by molar-refractivity contribution is 0.432. The second-order valence-corrected chi connectivity index (χ2v) is 5.94. The third-order valence-corrected chi connectivity index (χ3v) is 3.80. The summed E-state index contributed by atoms with van der Waals surface area (Å²) in [7, 11) is 0. The van der Waals surface area contributed by atoms with Crippen LogP contribution in [0.25, 0.3) is 17.0 Å². The summed E-state index contributed by atoms with van der Waals surface area (Å²) in [5, 5.41) is 1.20. The van der Waals surface area contributed by atoms with Gasteiger partial charge < -0.3 is 9.15 Å². The van der Waals surface area contributed by atoms with Crippen LogP contribution in [-0.2, 0) is 0 Å². The molecule has 2 heteroatoms. The fourth-order valence-corrected chi connectivity index (χ4v) is 3.01. The molecule has 0 amide bonds. The maximum absolute atomic E-state index is 5.95. The van der Waals surface area contributed by atoms with Crippen LogP contribution in [0.3, 0.4) is 0 Å². The molecule has 2 aromatic rings. The van der Waals surface area contributed by atoms with Gasteiger partial charge in [0.2, 0.25) is 0 Å². The molecule has 0 bridgehead atoms. The minimum atomic E-state index is 0.331. The summed E-state index contributed by atoms with van der Waals surface area (Å²) in [6, 6.07) is 2.06. The molecule has 1 aromatic carbocycles. The van der Waals surface area contributed by atoms with Crippen molar-refractivity contribution in [2.75, 3.05) is 0 Å². The van der Waals surface area contributed by atoms with Gasteiger partial charge in [0.1, 0.15) is 17.1 Å². The van der Waals surface area contributed by atoms with E-state index in [-0.39, 0.29) is 0 Å². The van der Waals surface area contributed by atoms with E-state index in [2.05, 4.69) is 46.4 Å². The molecule has 0 spiro atoms. The van der Waals surface area contributed by atoms with E-state index in [0.29, 0.717) is 17.6 Å². The molecule has 20 heavy (non-hydrogen) atoms. The highest BCUT2D eigenvalue weighted by atomic mass is 16.5. The molecule has 0 unspecified atom stereocenters. The fraction of sp³-hybridized carbons (Fsp3) is 0.333. The molecule has 0 atom stereocenters. The first kappa shape index (κ1) is 13.0. The van der Waals surface area contributed by atoms with Crippen LogP contribution in [0.2, 0.25) is 0 Å². The zero-order chi connectivity index (χ0) is 14.4. The van der Waals surface area contributed by atoms with Gasteiger partial charge in [-0.3, -0.25) is 0 Å². The van der Waals surface area contributed by atoms with Crippen molar-refractivity contribution in [1.29, 1.82) is 0 Å². The Balaban J connectivity index is 2.47. The predicted octanol–water partition coefficient (Wildman–Crippen LogP) is 5.60. The molecule has 1 aliphatic rings. The SMILES string of the molecule is C=C1C=Cc2c(c(C(C)C)c3occc3c2C(C)C)O1. The van der Waals surface area contributed by atoms with E-state index in [1.807, 2.05) is 6.08 Å². The van der Waals surface area contributed by atoms with Crippen molar-refractivity contribution in [3.8, 4) is 5.75 Å². The average molecular weight is 268 g/mol. The molecule has 104 valence electrons. The summed E-state index contributed by atoms with van der Waals surface area (Å²) in [4.78, 5) is 0. The lowest BCUT2D eigenvalue weighted by atomic mass is 9.86. The van der Waals surface area contributed by atoms with Crippen LogP contribution < -0.4 is 4.74 Å². The highest BCUT2D eigenvalue weighted by Crippen LogP contribution is 2.45. The van der Waals surface area contributed by atoms with Gasteiger partial charge in [0.25, 0.3) is 0 Å². The van der Waals surface area contributed by atoms with Crippen molar-refractivity contribution in [2.45, 2.75) is 39.5 Å². The zero-order valence-electron chi connectivity index (χ0n) is 12.5. The van der Waals surface area contributed by atoms with Crippen molar-refractivity contribution < 1.29 is 9.15 Å². The number of benzene rings is 1. The number of furan rings is 1. The Morgan fingerprint density at radius 2 is 1.70 bits per heavy atom. The van der Waals surface area contributed by atoms with Crippen LogP contribution in [0.1, 0.15) is 56.2 Å². The predicted molar refractivity (Wildman–Crippen MR) is 83.2 cm³/mol. The molecule has 0 aliphatic carbocycles. The fourth-order valence-electron chi connectivity index (χ4n) is 3.01. The van der Waals surface area contributed by atoms with Crippen LogP contribution in [0.4, 0.5) is 0 Å². The van der Waals surface area contributed by atoms with Gasteiger partial charge in [0.05, 0.1) is 6.26 Å².